The molecule has 0 saturated carbocycles. The fraction of sp³-hybridized carbons (Fsp3) is 0.190. The lowest BCUT2D eigenvalue weighted by Crippen LogP contribution is -2.14. The number of nitrogens with one attached hydrogen (secondary N) is 2. The van der Waals surface area contributed by atoms with Gasteiger partial charge in [0.2, 0.25) is 5.95 Å². The number of nitrogens with zero attached hydrogens (tertiary/aromatic N) is 2. The standard InChI is InChI=1S/C21H22N4O2/c1-4-27-18-8-6-17(7-9-18)24-21-22-12-16(13-23-21)20(26)25-19-10-5-14(2)11-15(19)3/h5-13H,4H2,1-3H3,(H,25,26)(H,22,23,24). The predicted molar refractivity (Wildman–Crippen MR) is 107 cm³/mol. The van der Waals surface area contributed by atoms with Gasteiger partial charge in [0, 0.05) is 23.8 Å². The summed E-state index contributed by atoms with van der Waals surface area (Å²) in [6.45, 7) is 6.55. The Morgan fingerprint density at radius 3 is 2.37 bits per heavy atom. The predicted octanol–water partition coefficient (Wildman–Crippen LogP) is 4.49. The molecule has 2 N–H and O–H groups in total. The van der Waals surface area contributed by atoms with Gasteiger partial charge >= 0.3 is 0 Å². The minimum atomic E-state index is -0.241. The molecule has 138 valence electrons. The Hall–Kier alpha value is -3.41. The summed E-state index contributed by atoms with van der Waals surface area (Å²) >= 11 is 0. The molecule has 0 fully saturated rings. The number of carbonyl (C=O) groups is 1. The van der Waals surface area contributed by atoms with Gasteiger partial charge in [-0.2, -0.15) is 0 Å². The second-order valence-electron chi connectivity index (χ2n) is 6.15. The first kappa shape index (κ1) is 18.4. The summed E-state index contributed by atoms with van der Waals surface area (Å²) in [6, 6.07) is 13.4. The van der Waals surface area contributed by atoms with E-state index in [-0.39, 0.29) is 5.91 Å². The molecule has 0 bridgehead atoms. The maximum atomic E-state index is 12.4. The number of hydrogen-bond acceptors (Lipinski definition) is 5. The molecule has 1 heterocycles. The fourth-order valence-corrected chi connectivity index (χ4v) is 2.59. The largest absolute Gasteiger partial charge is 0.494 e. The first-order chi connectivity index (χ1) is 13.0. The molecule has 0 aliphatic carbocycles. The van der Waals surface area contributed by atoms with Gasteiger partial charge in [0.1, 0.15) is 5.75 Å². The molecule has 27 heavy (non-hydrogen) atoms. The van der Waals surface area contributed by atoms with Crippen LogP contribution >= 0.6 is 0 Å². The lowest BCUT2D eigenvalue weighted by Gasteiger charge is -2.10. The van der Waals surface area contributed by atoms with E-state index in [0.717, 1.165) is 28.3 Å². The Morgan fingerprint density at radius 1 is 1.04 bits per heavy atom. The van der Waals surface area contributed by atoms with Crippen LogP contribution in [-0.4, -0.2) is 22.5 Å². The summed E-state index contributed by atoms with van der Waals surface area (Å²) in [5, 5.41) is 5.98. The van der Waals surface area contributed by atoms with Crippen molar-refractivity contribution >= 4 is 23.2 Å². The van der Waals surface area contributed by atoms with Crippen molar-refractivity contribution in [1.29, 1.82) is 0 Å². The molecule has 1 aromatic heterocycles. The van der Waals surface area contributed by atoms with Crippen LogP contribution in [0.15, 0.2) is 54.9 Å². The molecule has 0 aliphatic heterocycles. The van der Waals surface area contributed by atoms with Crippen molar-refractivity contribution in [3.63, 3.8) is 0 Å². The van der Waals surface area contributed by atoms with E-state index >= 15 is 0 Å². The highest BCUT2D eigenvalue weighted by atomic mass is 16.5. The van der Waals surface area contributed by atoms with Crippen molar-refractivity contribution in [2.75, 3.05) is 17.2 Å². The van der Waals surface area contributed by atoms with Crippen LogP contribution in [0, 0.1) is 13.8 Å². The molecule has 0 radical (unpaired) electrons. The van der Waals surface area contributed by atoms with Crippen LogP contribution in [0.1, 0.15) is 28.4 Å². The van der Waals surface area contributed by atoms with Gasteiger partial charge in [-0.3, -0.25) is 4.79 Å². The smallest absolute Gasteiger partial charge is 0.258 e. The summed E-state index contributed by atoms with van der Waals surface area (Å²) < 4.78 is 5.41. The Kier molecular flexibility index (Phi) is 5.66. The molecule has 3 rings (SSSR count). The van der Waals surface area contributed by atoms with Gasteiger partial charge in [0.25, 0.3) is 5.91 Å². The maximum absolute atomic E-state index is 12.4. The number of aromatic nitrogens is 2. The molecule has 1 amide bonds. The summed E-state index contributed by atoms with van der Waals surface area (Å²) in [6.07, 6.45) is 3.01. The number of anilines is 3. The lowest BCUT2D eigenvalue weighted by atomic mass is 10.1. The van der Waals surface area contributed by atoms with E-state index in [1.54, 1.807) is 0 Å². The quantitative estimate of drug-likeness (QED) is 0.676. The topological polar surface area (TPSA) is 76.1 Å². The molecule has 6 nitrogen and oxygen atoms in total. The Labute approximate surface area is 158 Å². The Balaban J connectivity index is 1.64. The molecule has 0 spiro atoms. The van der Waals surface area contributed by atoms with Crippen molar-refractivity contribution in [1.82, 2.24) is 9.97 Å². The third-order valence-electron chi connectivity index (χ3n) is 3.97. The maximum Gasteiger partial charge on any atom is 0.258 e. The van der Waals surface area contributed by atoms with Gasteiger partial charge in [-0.25, -0.2) is 9.97 Å². The normalized spacial score (nSPS) is 10.3. The highest BCUT2D eigenvalue weighted by Gasteiger charge is 2.09. The molecule has 0 saturated heterocycles. The summed E-state index contributed by atoms with van der Waals surface area (Å²) in [5.41, 5.74) is 4.18. The monoisotopic (exact) mass is 362 g/mol. The summed E-state index contributed by atoms with van der Waals surface area (Å²) in [7, 11) is 0. The highest BCUT2D eigenvalue weighted by Crippen LogP contribution is 2.19. The van der Waals surface area contributed by atoms with E-state index in [4.69, 9.17) is 4.74 Å². The van der Waals surface area contributed by atoms with Crippen LogP contribution < -0.4 is 15.4 Å². The molecule has 3 aromatic rings. The Bertz CT molecular complexity index is 922. The van der Waals surface area contributed by atoms with E-state index in [9.17, 15) is 4.79 Å². The zero-order chi connectivity index (χ0) is 19.2. The van der Waals surface area contributed by atoms with Crippen molar-refractivity contribution in [3.05, 3.63) is 71.5 Å². The second-order valence-corrected chi connectivity index (χ2v) is 6.15. The first-order valence-electron chi connectivity index (χ1n) is 8.75. The van der Waals surface area contributed by atoms with Gasteiger partial charge in [0.15, 0.2) is 0 Å². The summed E-state index contributed by atoms with van der Waals surface area (Å²) in [4.78, 5) is 20.8. The van der Waals surface area contributed by atoms with Crippen molar-refractivity contribution in [3.8, 4) is 5.75 Å². The van der Waals surface area contributed by atoms with Crippen molar-refractivity contribution in [2.45, 2.75) is 20.8 Å². The zero-order valence-electron chi connectivity index (χ0n) is 15.6. The lowest BCUT2D eigenvalue weighted by molar-refractivity contribution is 0.102. The number of hydrogen-bond donors (Lipinski definition) is 2. The van der Waals surface area contributed by atoms with E-state index in [2.05, 4.69) is 20.6 Å². The minimum absolute atomic E-state index is 0.241. The van der Waals surface area contributed by atoms with Gasteiger partial charge in [-0.05, 0) is 56.7 Å². The van der Waals surface area contributed by atoms with Gasteiger partial charge < -0.3 is 15.4 Å². The number of aryl methyl sites for hydroxylation is 2. The third-order valence-corrected chi connectivity index (χ3v) is 3.97. The first-order valence-corrected chi connectivity index (χ1v) is 8.75. The van der Waals surface area contributed by atoms with Crippen LogP contribution in [0.4, 0.5) is 17.3 Å². The minimum Gasteiger partial charge on any atom is -0.494 e. The fourth-order valence-electron chi connectivity index (χ4n) is 2.59. The average Bonchev–Trinajstić information content (AvgIpc) is 2.66. The Morgan fingerprint density at radius 2 is 1.74 bits per heavy atom. The van der Waals surface area contributed by atoms with Crippen LogP contribution in [0.3, 0.4) is 0 Å². The van der Waals surface area contributed by atoms with E-state index < -0.39 is 0 Å². The van der Waals surface area contributed by atoms with Crippen molar-refractivity contribution in [2.24, 2.45) is 0 Å². The second kappa shape index (κ2) is 8.31. The van der Waals surface area contributed by atoms with E-state index in [1.165, 1.54) is 12.4 Å². The van der Waals surface area contributed by atoms with Crippen molar-refractivity contribution < 1.29 is 9.53 Å². The molecule has 0 aliphatic rings. The average molecular weight is 362 g/mol. The number of benzene rings is 2. The van der Waals surface area contributed by atoms with Crippen LogP contribution in [0.25, 0.3) is 0 Å². The molecular weight excluding hydrogens is 340 g/mol. The van der Waals surface area contributed by atoms with Gasteiger partial charge in [-0.1, -0.05) is 17.7 Å². The van der Waals surface area contributed by atoms with Gasteiger partial charge in [0.05, 0.1) is 12.2 Å². The number of carbonyl (C=O) groups excluding carboxylic acids is 1. The number of ether oxygens (including phenoxy) is 1. The molecule has 0 atom stereocenters. The molecule has 6 heteroatoms. The summed E-state index contributed by atoms with van der Waals surface area (Å²) in [5.74, 6) is 0.985. The highest BCUT2D eigenvalue weighted by molar-refractivity contribution is 6.04. The van der Waals surface area contributed by atoms with Crippen LogP contribution in [0.5, 0.6) is 5.75 Å². The van der Waals surface area contributed by atoms with E-state index in [0.29, 0.717) is 18.1 Å². The SMILES string of the molecule is CCOc1ccc(Nc2ncc(C(=O)Nc3ccc(C)cc3C)cn2)cc1. The van der Waals surface area contributed by atoms with Gasteiger partial charge in [-0.15, -0.1) is 0 Å². The zero-order valence-corrected chi connectivity index (χ0v) is 15.6. The molecule has 2 aromatic carbocycles. The number of amides is 1. The van der Waals surface area contributed by atoms with Crippen LogP contribution in [0.2, 0.25) is 0 Å². The third kappa shape index (κ3) is 4.82. The van der Waals surface area contributed by atoms with Crippen LogP contribution in [-0.2, 0) is 0 Å². The molecular formula is C21H22N4O2. The van der Waals surface area contributed by atoms with E-state index in [1.807, 2.05) is 63.2 Å². The molecule has 0 unspecified atom stereocenters. The number of rotatable bonds is 6.